The van der Waals surface area contributed by atoms with Crippen LogP contribution in [0.4, 0.5) is 4.39 Å². The van der Waals surface area contributed by atoms with Crippen LogP contribution in [0.3, 0.4) is 0 Å². The summed E-state index contributed by atoms with van der Waals surface area (Å²) in [5, 5.41) is 7.30. The van der Waals surface area contributed by atoms with Crippen LogP contribution in [-0.2, 0) is 27.4 Å². The van der Waals surface area contributed by atoms with Crippen LogP contribution in [0, 0.1) is 11.7 Å². The number of benzene rings is 3. The number of thiazole rings is 1. The topological polar surface area (TPSA) is 91.2 Å². The predicted molar refractivity (Wildman–Crippen MR) is 165 cm³/mol. The highest BCUT2D eigenvalue weighted by Crippen LogP contribution is 2.39. The monoisotopic (exact) mass is 615 g/mol. The molecule has 1 aliphatic rings. The van der Waals surface area contributed by atoms with E-state index in [1.807, 2.05) is 41.1 Å². The summed E-state index contributed by atoms with van der Waals surface area (Å²) < 4.78 is 46.1. The molecule has 0 amide bonds. The number of ether oxygens (including phenoxy) is 1. The quantitative estimate of drug-likeness (QED) is 0.158. The first kappa shape index (κ1) is 28.9. The Labute approximate surface area is 253 Å². The van der Waals surface area contributed by atoms with E-state index in [0.29, 0.717) is 23.0 Å². The number of nitrogens with zero attached hydrogens (tertiary/aromatic N) is 3. The minimum Gasteiger partial charge on any atom is -0.461 e. The molecule has 2 heterocycles. The molecule has 0 unspecified atom stereocenters. The Hall–Kier alpha value is -4.15. The van der Waals surface area contributed by atoms with Crippen molar-refractivity contribution in [1.82, 2.24) is 14.8 Å². The zero-order valence-electron chi connectivity index (χ0n) is 23.8. The number of esters is 1. The molecule has 0 atom stereocenters. The second kappa shape index (κ2) is 11.9. The van der Waals surface area contributed by atoms with Crippen LogP contribution < -0.4 is 0 Å². The fraction of sp³-hybridized carbons (Fsp3) is 0.242. The fourth-order valence-corrected chi connectivity index (χ4v) is 6.66. The van der Waals surface area contributed by atoms with Gasteiger partial charge in [0, 0.05) is 29.2 Å². The van der Waals surface area contributed by atoms with Gasteiger partial charge in [0.1, 0.15) is 10.7 Å². The summed E-state index contributed by atoms with van der Waals surface area (Å²) >= 11 is 1.31. The molecule has 0 radical (unpaired) electrons. The lowest BCUT2D eigenvalue weighted by atomic mass is 9.95. The van der Waals surface area contributed by atoms with E-state index < -0.39 is 21.6 Å². The van der Waals surface area contributed by atoms with Gasteiger partial charge in [0.05, 0.1) is 18.0 Å². The van der Waals surface area contributed by atoms with Crippen molar-refractivity contribution in [2.45, 2.75) is 37.5 Å². The van der Waals surface area contributed by atoms with Gasteiger partial charge in [-0.2, -0.15) is 5.10 Å². The molecular weight excluding hydrogens is 586 g/mol. The Kier molecular flexibility index (Phi) is 7.98. The molecule has 0 saturated heterocycles. The van der Waals surface area contributed by atoms with Crippen LogP contribution in [0.25, 0.3) is 27.5 Å². The van der Waals surface area contributed by atoms with Gasteiger partial charge in [-0.25, -0.2) is 27.3 Å². The van der Waals surface area contributed by atoms with Crippen molar-refractivity contribution in [1.29, 1.82) is 0 Å². The first-order valence-electron chi connectivity index (χ1n) is 14.1. The van der Waals surface area contributed by atoms with Crippen LogP contribution in [-0.4, -0.2) is 42.0 Å². The number of rotatable bonds is 10. The van der Waals surface area contributed by atoms with Crippen LogP contribution in [0.15, 0.2) is 83.1 Å². The Morgan fingerprint density at radius 3 is 2.47 bits per heavy atom. The van der Waals surface area contributed by atoms with Gasteiger partial charge >= 0.3 is 5.97 Å². The summed E-state index contributed by atoms with van der Waals surface area (Å²) in [6.45, 7) is 2.00. The third-order valence-electron chi connectivity index (χ3n) is 7.45. The van der Waals surface area contributed by atoms with Crippen LogP contribution in [0.2, 0.25) is 0 Å². The molecule has 1 aliphatic carbocycles. The third-order valence-corrected chi connectivity index (χ3v) is 9.39. The lowest BCUT2D eigenvalue weighted by Gasteiger charge is -2.10. The maximum absolute atomic E-state index is 15.0. The standard InChI is InChI=1S/C33H30FN3O4S2/c1-3-41-32(38)28-20-42-33(35-28)37-29(18-21-12-13-21)26(16-22-14-15-30(27(34)17-22)43(2,39)40)31(36-37)25-11-7-10-24(19-25)23-8-5-4-6-9-23/h4-11,14-15,17,19-21H,3,12-13,16,18H2,1-2H3. The van der Waals surface area contributed by atoms with Gasteiger partial charge in [-0.1, -0.05) is 54.6 Å². The zero-order valence-corrected chi connectivity index (χ0v) is 25.4. The van der Waals surface area contributed by atoms with Gasteiger partial charge in [0.2, 0.25) is 5.13 Å². The largest absolute Gasteiger partial charge is 0.461 e. The first-order chi connectivity index (χ1) is 20.7. The van der Waals surface area contributed by atoms with E-state index in [2.05, 4.69) is 23.2 Å². The summed E-state index contributed by atoms with van der Waals surface area (Å²) in [5.74, 6) is -0.771. The molecule has 0 spiro atoms. The van der Waals surface area contributed by atoms with Crippen LogP contribution >= 0.6 is 11.3 Å². The number of aromatic nitrogens is 3. The van der Waals surface area contributed by atoms with Crippen molar-refractivity contribution >= 4 is 27.1 Å². The SMILES string of the molecule is CCOC(=O)c1csc(-n2nc(-c3cccc(-c4ccccc4)c3)c(Cc3ccc(S(C)(=O)=O)c(F)c3)c2CC2CC2)n1. The molecule has 3 aromatic carbocycles. The van der Waals surface area contributed by atoms with Crippen molar-refractivity contribution in [3.05, 3.63) is 107 Å². The third kappa shape index (κ3) is 6.30. The molecule has 220 valence electrons. The summed E-state index contributed by atoms with van der Waals surface area (Å²) in [6, 6.07) is 22.5. The van der Waals surface area contributed by atoms with Gasteiger partial charge in [-0.05, 0) is 67.0 Å². The molecule has 0 N–H and O–H groups in total. The van der Waals surface area contributed by atoms with Crippen molar-refractivity contribution in [3.8, 4) is 27.5 Å². The van der Waals surface area contributed by atoms with Crippen molar-refractivity contribution < 1.29 is 22.3 Å². The number of sulfone groups is 1. The summed E-state index contributed by atoms with van der Waals surface area (Å²) in [5.41, 5.74) is 6.44. The molecule has 5 aromatic rings. The average Bonchev–Trinajstić information content (AvgIpc) is 3.55. The molecule has 0 bridgehead atoms. The molecule has 1 fully saturated rings. The summed E-state index contributed by atoms with van der Waals surface area (Å²) in [7, 11) is -3.70. The Morgan fingerprint density at radius 2 is 1.77 bits per heavy atom. The zero-order chi connectivity index (χ0) is 30.1. The molecule has 1 saturated carbocycles. The van der Waals surface area contributed by atoms with E-state index >= 15 is 0 Å². The highest BCUT2D eigenvalue weighted by molar-refractivity contribution is 7.90. The summed E-state index contributed by atoms with van der Waals surface area (Å²) in [4.78, 5) is 16.7. The molecule has 7 nitrogen and oxygen atoms in total. The molecular formula is C33H30FN3O4S2. The smallest absolute Gasteiger partial charge is 0.357 e. The number of carbonyl (C=O) groups excluding carboxylic acids is 1. The van der Waals surface area contributed by atoms with E-state index in [1.165, 1.54) is 23.5 Å². The maximum Gasteiger partial charge on any atom is 0.357 e. The van der Waals surface area contributed by atoms with E-state index in [9.17, 15) is 17.6 Å². The lowest BCUT2D eigenvalue weighted by molar-refractivity contribution is 0.0520. The number of carbonyl (C=O) groups is 1. The highest BCUT2D eigenvalue weighted by Gasteiger charge is 2.29. The van der Waals surface area contributed by atoms with Gasteiger partial charge in [-0.3, -0.25) is 0 Å². The van der Waals surface area contributed by atoms with Gasteiger partial charge < -0.3 is 4.74 Å². The number of hydrogen-bond acceptors (Lipinski definition) is 7. The number of hydrogen-bond donors (Lipinski definition) is 0. The van der Waals surface area contributed by atoms with Crippen LogP contribution in [0.5, 0.6) is 0 Å². The molecule has 6 rings (SSSR count). The van der Waals surface area contributed by atoms with E-state index in [1.54, 1.807) is 18.4 Å². The molecule has 0 aliphatic heterocycles. The fourth-order valence-electron chi connectivity index (χ4n) is 5.16. The average molecular weight is 616 g/mol. The van der Waals surface area contributed by atoms with Gasteiger partial charge in [0.15, 0.2) is 15.5 Å². The first-order valence-corrected chi connectivity index (χ1v) is 16.9. The Morgan fingerprint density at radius 1 is 1.02 bits per heavy atom. The van der Waals surface area contributed by atoms with Crippen molar-refractivity contribution in [2.24, 2.45) is 5.92 Å². The predicted octanol–water partition coefficient (Wildman–Crippen LogP) is 6.93. The Balaban J connectivity index is 1.51. The normalized spacial score (nSPS) is 13.3. The minimum absolute atomic E-state index is 0.224. The molecule has 43 heavy (non-hydrogen) atoms. The molecule has 10 heteroatoms. The lowest BCUT2D eigenvalue weighted by Crippen LogP contribution is -2.08. The minimum atomic E-state index is -3.70. The second-order valence-electron chi connectivity index (χ2n) is 10.7. The highest BCUT2D eigenvalue weighted by atomic mass is 32.2. The van der Waals surface area contributed by atoms with E-state index in [-0.39, 0.29) is 17.2 Å². The van der Waals surface area contributed by atoms with Crippen molar-refractivity contribution in [2.75, 3.05) is 12.9 Å². The Bertz CT molecular complexity index is 1910. The van der Waals surface area contributed by atoms with Gasteiger partial charge in [-0.15, -0.1) is 11.3 Å². The van der Waals surface area contributed by atoms with E-state index in [4.69, 9.17) is 9.84 Å². The summed E-state index contributed by atoms with van der Waals surface area (Å²) in [6.07, 6.45) is 4.29. The van der Waals surface area contributed by atoms with Crippen LogP contribution in [0.1, 0.15) is 47.1 Å². The number of halogens is 1. The second-order valence-corrected chi connectivity index (χ2v) is 13.6. The maximum atomic E-state index is 15.0. The van der Waals surface area contributed by atoms with Crippen molar-refractivity contribution in [3.63, 3.8) is 0 Å². The molecule has 2 aromatic heterocycles. The van der Waals surface area contributed by atoms with E-state index in [0.717, 1.165) is 59.2 Å². The van der Waals surface area contributed by atoms with Gasteiger partial charge in [0.25, 0.3) is 0 Å².